The van der Waals surface area contributed by atoms with Gasteiger partial charge in [0.05, 0.1) is 6.61 Å². The zero-order valence-corrected chi connectivity index (χ0v) is 13.9. The van der Waals surface area contributed by atoms with Crippen LogP contribution in [0.1, 0.15) is 30.5 Å². The molecule has 0 saturated heterocycles. The van der Waals surface area contributed by atoms with Crippen LogP contribution in [0.15, 0.2) is 48.5 Å². The van der Waals surface area contributed by atoms with Crippen LogP contribution in [0, 0.1) is 12.8 Å². The van der Waals surface area contributed by atoms with Crippen molar-refractivity contribution < 1.29 is 4.74 Å². The number of hydrogen-bond donors (Lipinski definition) is 1. The monoisotopic (exact) mass is 297 g/mol. The SMILES string of the molecule is Cc1ccccc1CCNCc1cccc(OCC(C)C)c1. The molecule has 0 amide bonds. The van der Waals surface area contributed by atoms with Crippen LogP contribution in [0.3, 0.4) is 0 Å². The van der Waals surface area contributed by atoms with Crippen LogP contribution >= 0.6 is 0 Å². The molecule has 1 N–H and O–H groups in total. The van der Waals surface area contributed by atoms with Crippen molar-refractivity contribution >= 4 is 0 Å². The Balaban J connectivity index is 1.77. The maximum atomic E-state index is 5.77. The molecule has 0 bridgehead atoms. The van der Waals surface area contributed by atoms with Gasteiger partial charge in [-0.1, -0.05) is 50.2 Å². The van der Waals surface area contributed by atoms with Gasteiger partial charge in [-0.3, -0.25) is 0 Å². The molecule has 22 heavy (non-hydrogen) atoms. The molecule has 0 unspecified atom stereocenters. The van der Waals surface area contributed by atoms with E-state index in [1.165, 1.54) is 16.7 Å². The van der Waals surface area contributed by atoms with Crippen molar-refractivity contribution in [1.82, 2.24) is 5.32 Å². The first-order chi connectivity index (χ1) is 10.6. The first kappa shape index (κ1) is 16.6. The Morgan fingerprint density at radius 2 is 1.86 bits per heavy atom. The van der Waals surface area contributed by atoms with Crippen molar-refractivity contribution in [2.45, 2.75) is 33.7 Å². The van der Waals surface area contributed by atoms with Crippen molar-refractivity contribution in [1.29, 1.82) is 0 Å². The van der Waals surface area contributed by atoms with E-state index in [1.807, 2.05) is 6.07 Å². The topological polar surface area (TPSA) is 21.3 Å². The standard InChI is InChI=1S/C20H27NO/c1-16(2)15-22-20-10-6-8-18(13-20)14-21-12-11-19-9-5-4-7-17(19)3/h4-10,13,16,21H,11-12,14-15H2,1-3H3. The Bertz CT molecular complexity index is 577. The predicted octanol–water partition coefficient (Wildman–Crippen LogP) is 4.36. The molecule has 0 saturated carbocycles. The van der Waals surface area contributed by atoms with Crippen LogP contribution in [0.5, 0.6) is 5.75 Å². The lowest BCUT2D eigenvalue weighted by molar-refractivity contribution is 0.271. The zero-order chi connectivity index (χ0) is 15.8. The molecular formula is C20H27NO. The Hall–Kier alpha value is -1.80. The lowest BCUT2D eigenvalue weighted by Crippen LogP contribution is -2.17. The van der Waals surface area contributed by atoms with Crippen molar-refractivity contribution in [2.24, 2.45) is 5.92 Å². The van der Waals surface area contributed by atoms with Crippen molar-refractivity contribution in [3.05, 3.63) is 65.2 Å². The fraction of sp³-hybridized carbons (Fsp3) is 0.400. The summed E-state index contributed by atoms with van der Waals surface area (Å²) in [6.07, 6.45) is 1.07. The third-order valence-corrected chi connectivity index (χ3v) is 3.64. The number of aryl methyl sites for hydroxylation is 1. The number of nitrogens with one attached hydrogen (secondary N) is 1. The van der Waals surface area contributed by atoms with Crippen LogP contribution in [0.4, 0.5) is 0 Å². The summed E-state index contributed by atoms with van der Waals surface area (Å²) in [5, 5.41) is 3.51. The van der Waals surface area contributed by atoms with E-state index in [1.54, 1.807) is 0 Å². The van der Waals surface area contributed by atoms with Gasteiger partial charge in [0, 0.05) is 6.54 Å². The van der Waals surface area contributed by atoms with E-state index in [-0.39, 0.29) is 0 Å². The highest BCUT2D eigenvalue weighted by Gasteiger charge is 2.00. The van der Waals surface area contributed by atoms with Crippen molar-refractivity contribution in [2.75, 3.05) is 13.2 Å². The van der Waals surface area contributed by atoms with Crippen LogP contribution in [0.2, 0.25) is 0 Å². The molecular weight excluding hydrogens is 270 g/mol. The molecule has 0 atom stereocenters. The highest BCUT2D eigenvalue weighted by Crippen LogP contribution is 2.14. The highest BCUT2D eigenvalue weighted by atomic mass is 16.5. The first-order valence-corrected chi connectivity index (χ1v) is 8.12. The molecule has 0 aliphatic rings. The minimum atomic E-state index is 0.552. The second-order valence-corrected chi connectivity index (χ2v) is 6.21. The molecule has 0 heterocycles. The third kappa shape index (κ3) is 5.53. The maximum absolute atomic E-state index is 5.77. The Morgan fingerprint density at radius 1 is 1.05 bits per heavy atom. The maximum Gasteiger partial charge on any atom is 0.119 e. The number of benzene rings is 2. The molecule has 0 aromatic heterocycles. The highest BCUT2D eigenvalue weighted by molar-refractivity contribution is 5.28. The summed E-state index contributed by atoms with van der Waals surface area (Å²) < 4.78 is 5.77. The van der Waals surface area contributed by atoms with Crippen molar-refractivity contribution in [3.63, 3.8) is 0 Å². The lowest BCUT2D eigenvalue weighted by Gasteiger charge is -2.11. The predicted molar refractivity (Wildman–Crippen MR) is 93.4 cm³/mol. The van der Waals surface area contributed by atoms with E-state index in [0.717, 1.165) is 31.9 Å². The fourth-order valence-corrected chi connectivity index (χ4v) is 2.35. The second kappa shape index (κ2) is 8.60. The summed E-state index contributed by atoms with van der Waals surface area (Å²) in [5.41, 5.74) is 4.06. The Labute approximate surface area is 134 Å². The summed E-state index contributed by atoms with van der Waals surface area (Å²) in [6, 6.07) is 16.9. The average Bonchev–Trinajstić information content (AvgIpc) is 2.51. The Morgan fingerprint density at radius 3 is 2.64 bits per heavy atom. The van der Waals surface area contributed by atoms with Crippen LogP contribution in [-0.2, 0) is 13.0 Å². The summed E-state index contributed by atoms with van der Waals surface area (Å²) in [5.74, 6) is 1.52. The number of ether oxygens (including phenoxy) is 1. The molecule has 118 valence electrons. The van der Waals surface area contributed by atoms with Crippen LogP contribution in [0.25, 0.3) is 0 Å². The summed E-state index contributed by atoms with van der Waals surface area (Å²) in [6.45, 7) is 9.13. The van der Waals surface area contributed by atoms with Gasteiger partial charge < -0.3 is 10.1 Å². The van der Waals surface area contributed by atoms with Gasteiger partial charge in [-0.15, -0.1) is 0 Å². The third-order valence-electron chi connectivity index (χ3n) is 3.64. The van der Waals surface area contributed by atoms with Gasteiger partial charge in [0.25, 0.3) is 0 Å². The minimum Gasteiger partial charge on any atom is -0.493 e. The average molecular weight is 297 g/mol. The fourth-order valence-electron chi connectivity index (χ4n) is 2.35. The molecule has 0 aliphatic heterocycles. The smallest absolute Gasteiger partial charge is 0.119 e. The Kier molecular flexibility index (Phi) is 6.47. The van der Waals surface area contributed by atoms with Gasteiger partial charge in [-0.2, -0.15) is 0 Å². The van der Waals surface area contributed by atoms with E-state index < -0.39 is 0 Å². The van der Waals surface area contributed by atoms with Gasteiger partial charge in [0.15, 0.2) is 0 Å². The van der Waals surface area contributed by atoms with E-state index in [0.29, 0.717) is 5.92 Å². The second-order valence-electron chi connectivity index (χ2n) is 6.21. The molecule has 0 fully saturated rings. The van der Waals surface area contributed by atoms with Gasteiger partial charge in [-0.25, -0.2) is 0 Å². The normalized spacial score (nSPS) is 10.9. The minimum absolute atomic E-state index is 0.552. The molecule has 2 nitrogen and oxygen atoms in total. The van der Waals surface area contributed by atoms with Gasteiger partial charge in [-0.05, 0) is 54.6 Å². The van der Waals surface area contributed by atoms with E-state index in [4.69, 9.17) is 4.74 Å². The largest absolute Gasteiger partial charge is 0.493 e. The molecule has 2 aromatic rings. The number of hydrogen-bond acceptors (Lipinski definition) is 2. The molecule has 0 aliphatic carbocycles. The molecule has 2 rings (SSSR count). The van der Waals surface area contributed by atoms with Gasteiger partial charge in [0.2, 0.25) is 0 Å². The van der Waals surface area contributed by atoms with Crippen LogP contribution < -0.4 is 10.1 Å². The van der Waals surface area contributed by atoms with E-state index in [9.17, 15) is 0 Å². The van der Waals surface area contributed by atoms with Gasteiger partial charge >= 0.3 is 0 Å². The quantitative estimate of drug-likeness (QED) is 0.731. The summed E-state index contributed by atoms with van der Waals surface area (Å²) in [4.78, 5) is 0. The molecule has 2 aromatic carbocycles. The number of rotatable bonds is 8. The summed E-state index contributed by atoms with van der Waals surface area (Å²) >= 11 is 0. The molecule has 0 spiro atoms. The molecule has 2 heteroatoms. The van der Waals surface area contributed by atoms with E-state index in [2.05, 4.69) is 68.6 Å². The van der Waals surface area contributed by atoms with Crippen molar-refractivity contribution in [3.8, 4) is 5.75 Å². The zero-order valence-electron chi connectivity index (χ0n) is 13.9. The summed E-state index contributed by atoms with van der Waals surface area (Å²) in [7, 11) is 0. The lowest BCUT2D eigenvalue weighted by atomic mass is 10.1. The van der Waals surface area contributed by atoms with Crippen LogP contribution in [-0.4, -0.2) is 13.2 Å². The first-order valence-electron chi connectivity index (χ1n) is 8.12. The molecule has 0 radical (unpaired) electrons. The van der Waals surface area contributed by atoms with E-state index >= 15 is 0 Å². The van der Waals surface area contributed by atoms with Gasteiger partial charge in [0.1, 0.15) is 5.75 Å².